The molecule has 6 heteroatoms. The molecule has 5 nitrogen and oxygen atoms in total. The number of hydrogen-bond acceptors (Lipinski definition) is 4. The number of hydrogen-bond donors (Lipinski definition) is 2. The zero-order valence-electron chi connectivity index (χ0n) is 8.49. The molecule has 2 fully saturated rings. The van der Waals surface area contributed by atoms with Crippen LogP contribution in [0.2, 0.25) is 0 Å². The zero-order chi connectivity index (χ0) is 10.7. The topological polar surface area (TPSA) is 61.4 Å². The highest BCUT2D eigenvalue weighted by atomic mass is 32.2. The molecule has 0 aliphatic carbocycles. The van der Waals surface area contributed by atoms with E-state index in [9.17, 15) is 9.59 Å². The van der Waals surface area contributed by atoms with E-state index in [1.807, 2.05) is 4.90 Å². The van der Waals surface area contributed by atoms with Crippen molar-refractivity contribution in [1.29, 1.82) is 0 Å². The average Bonchev–Trinajstić information content (AvgIpc) is 2.53. The van der Waals surface area contributed by atoms with Gasteiger partial charge in [-0.1, -0.05) is 11.8 Å². The minimum Gasteiger partial charge on any atom is -0.340 e. The third-order valence-electron chi connectivity index (χ3n) is 2.62. The molecule has 2 N–H and O–H groups in total. The fourth-order valence-electron chi connectivity index (χ4n) is 1.80. The number of carbonyl (C=O) groups is 2. The molecule has 2 aliphatic rings. The maximum Gasteiger partial charge on any atom is 0.279 e. The third-order valence-corrected chi connectivity index (χ3v) is 3.50. The first kappa shape index (κ1) is 10.8. The van der Waals surface area contributed by atoms with Crippen LogP contribution < -0.4 is 10.6 Å². The molecule has 84 valence electrons. The van der Waals surface area contributed by atoms with Crippen molar-refractivity contribution in [2.24, 2.45) is 0 Å². The molecule has 0 saturated carbocycles. The summed E-state index contributed by atoms with van der Waals surface area (Å²) in [5, 5.41) is 5.85. The van der Waals surface area contributed by atoms with Crippen LogP contribution in [0.25, 0.3) is 0 Å². The van der Waals surface area contributed by atoms with Crippen LogP contribution in [0.3, 0.4) is 0 Å². The summed E-state index contributed by atoms with van der Waals surface area (Å²) in [6.45, 7) is 3.36. The quantitative estimate of drug-likeness (QED) is 0.644. The third kappa shape index (κ3) is 2.63. The van der Waals surface area contributed by atoms with Crippen molar-refractivity contribution in [1.82, 2.24) is 15.5 Å². The van der Waals surface area contributed by atoms with Crippen LogP contribution in [0.4, 0.5) is 4.79 Å². The summed E-state index contributed by atoms with van der Waals surface area (Å²) >= 11 is 1.19. The van der Waals surface area contributed by atoms with Crippen LogP contribution in [0.5, 0.6) is 0 Å². The van der Waals surface area contributed by atoms with Gasteiger partial charge in [-0.15, -0.1) is 0 Å². The van der Waals surface area contributed by atoms with E-state index in [-0.39, 0.29) is 17.2 Å². The van der Waals surface area contributed by atoms with Gasteiger partial charge in [-0.05, 0) is 13.0 Å². The lowest BCUT2D eigenvalue weighted by Gasteiger charge is -2.22. The maximum absolute atomic E-state index is 12.0. The van der Waals surface area contributed by atoms with Crippen LogP contribution in [-0.2, 0) is 4.79 Å². The normalized spacial score (nSPS) is 27.3. The van der Waals surface area contributed by atoms with E-state index in [0.29, 0.717) is 5.75 Å². The van der Waals surface area contributed by atoms with Gasteiger partial charge in [-0.3, -0.25) is 9.59 Å². The van der Waals surface area contributed by atoms with Crippen molar-refractivity contribution in [2.45, 2.75) is 12.5 Å². The number of carbonyl (C=O) groups excluding carboxylic acids is 2. The molecule has 15 heavy (non-hydrogen) atoms. The van der Waals surface area contributed by atoms with E-state index in [4.69, 9.17) is 0 Å². The lowest BCUT2D eigenvalue weighted by molar-refractivity contribution is -0.132. The monoisotopic (exact) mass is 229 g/mol. The molecule has 2 saturated heterocycles. The Kier molecular flexibility index (Phi) is 3.48. The van der Waals surface area contributed by atoms with E-state index in [0.717, 1.165) is 32.6 Å². The summed E-state index contributed by atoms with van der Waals surface area (Å²) in [7, 11) is 0. The molecule has 0 radical (unpaired) electrons. The van der Waals surface area contributed by atoms with Crippen molar-refractivity contribution in [3.63, 3.8) is 0 Å². The summed E-state index contributed by atoms with van der Waals surface area (Å²) in [6.07, 6.45) is 0.986. The molecule has 1 atom stereocenters. The maximum atomic E-state index is 12.0. The Morgan fingerprint density at radius 1 is 1.40 bits per heavy atom. The number of rotatable bonds is 1. The van der Waals surface area contributed by atoms with Gasteiger partial charge in [0.05, 0.1) is 0 Å². The molecule has 0 aromatic heterocycles. The number of nitrogens with one attached hydrogen (secondary N) is 2. The van der Waals surface area contributed by atoms with Crippen molar-refractivity contribution in [3.05, 3.63) is 0 Å². The second kappa shape index (κ2) is 4.85. The Balaban J connectivity index is 1.91. The Labute approximate surface area is 93.0 Å². The number of nitrogens with zero attached hydrogens (tertiary/aromatic N) is 1. The second-order valence-electron chi connectivity index (χ2n) is 3.72. The summed E-state index contributed by atoms with van der Waals surface area (Å²) in [5.74, 6) is 0.638. The minimum absolute atomic E-state index is 0.0667. The average molecular weight is 229 g/mol. The van der Waals surface area contributed by atoms with Gasteiger partial charge >= 0.3 is 0 Å². The van der Waals surface area contributed by atoms with Gasteiger partial charge in [0, 0.05) is 25.4 Å². The summed E-state index contributed by atoms with van der Waals surface area (Å²) in [5.41, 5.74) is 0. The second-order valence-corrected chi connectivity index (χ2v) is 4.72. The van der Waals surface area contributed by atoms with E-state index in [1.54, 1.807) is 0 Å². The predicted octanol–water partition coefficient (Wildman–Crippen LogP) is -0.367. The van der Waals surface area contributed by atoms with Crippen LogP contribution >= 0.6 is 11.8 Å². The zero-order valence-corrected chi connectivity index (χ0v) is 9.31. The van der Waals surface area contributed by atoms with Crippen molar-refractivity contribution >= 4 is 22.9 Å². The van der Waals surface area contributed by atoms with E-state index >= 15 is 0 Å². The van der Waals surface area contributed by atoms with Gasteiger partial charge in [-0.2, -0.15) is 0 Å². The first-order valence-electron chi connectivity index (χ1n) is 5.20. The molecular formula is C9H15N3O2S. The van der Waals surface area contributed by atoms with Gasteiger partial charge in [0.15, 0.2) is 0 Å². The van der Waals surface area contributed by atoms with Gasteiger partial charge < -0.3 is 15.5 Å². The van der Waals surface area contributed by atoms with E-state index < -0.39 is 0 Å². The molecule has 0 spiro atoms. The molecule has 0 aromatic carbocycles. The standard InChI is InChI=1S/C9H15N3O2S/c13-8(7-6-15-9(14)11-7)12-4-1-2-10-3-5-12/h7,10H,1-6H2,(H,11,14). The van der Waals surface area contributed by atoms with Crippen LogP contribution in [0.1, 0.15) is 6.42 Å². The molecule has 2 amide bonds. The van der Waals surface area contributed by atoms with Gasteiger partial charge in [0.2, 0.25) is 5.91 Å². The molecule has 0 bridgehead atoms. The number of amides is 2. The number of thioether (sulfide) groups is 1. The first-order chi connectivity index (χ1) is 7.27. The first-order valence-corrected chi connectivity index (χ1v) is 6.19. The fourth-order valence-corrected chi connectivity index (χ4v) is 2.57. The predicted molar refractivity (Wildman–Crippen MR) is 58.8 cm³/mol. The van der Waals surface area contributed by atoms with E-state index in [1.165, 1.54) is 11.8 Å². The molecule has 0 aromatic rings. The summed E-state index contributed by atoms with van der Waals surface area (Å²) in [4.78, 5) is 24.8. The van der Waals surface area contributed by atoms with Gasteiger partial charge in [0.1, 0.15) is 6.04 Å². The Hall–Kier alpha value is -0.750. The lowest BCUT2D eigenvalue weighted by atomic mass is 10.2. The smallest absolute Gasteiger partial charge is 0.279 e. The van der Waals surface area contributed by atoms with Crippen LogP contribution in [0, 0.1) is 0 Å². The molecular weight excluding hydrogens is 214 g/mol. The lowest BCUT2D eigenvalue weighted by Crippen LogP contribution is -2.46. The molecule has 2 heterocycles. The molecule has 2 rings (SSSR count). The minimum atomic E-state index is -0.305. The van der Waals surface area contributed by atoms with Crippen molar-refractivity contribution < 1.29 is 9.59 Å². The Morgan fingerprint density at radius 2 is 2.27 bits per heavy atom. The Bertz CT molecular complexity index is 264. The van der Waals surface area contributed by atoms with Crippen molar-refractivity contribution in [2.75, 3.05) is 31.9 Å². The summed E-state index contributed by atoms with van der Waals surface area (Å²) in [6, 6.07) is -0.305. The largest absolute Gasteiger partial charge is 0.340 e. The van der Waals surface area contributed by atoms with Gasteiger partial charge in [0.25, 0.3) is 5.24 Å². The molecule has 2 aliphatic heterocycles. The van der Waals surface area contributed by atoms with Crippen LogP contribution in [-0.4, -0.2) is 54.0 Å². The summed E-state index contributed by atoms with van der Waals surface area (Å²) < 4.78 is 0. The highest BCUT2D eigenvalue weighted by Crippen LogP contribution is 2.15. The molecule has 1 unspecified atom stereocenters. The highest BCUT2D eigenvalue weighted by Gasteiger charge is 2.31. The van der Waals surface area contributed by atoms with Crippen molar-refractivity contribution in [3.8, 4) is 0 Å². The SMILES string of the molecule is O=C1NC(C(=O)N2CCCNCC2)CS1. The van der Waals surface area contributed by atoms with Crippen LogP contribution in [0.15, 0.2) is 0 Å². The van der Waals surface area contributed by atoms with E-state index in [2.05, 4.69) is 10.6 Å². The van der Waals surface area contributed by atoms with Gasteiger partial charge in [-0.25, -0.2) is 0 Å². The fraction of sp³-hybridized carbons (Fsp3) is 0.778. The highest BCUT2D eigenvalue weighted by molar-refractivity contribution is 8.14. The Morgan fingerprint density at radius 3 is 3.00 bits per heavy atom.